The summed E-state index contributed by atoms with van der Waals surface area (Å²) in [7, 11) is 1.12. The number of hydrogen-bond donors (Lipinski definition) is 5. The average Bonchev–Trinajstić information content (AvgIpc) is 2.96. The Morgan fingerprint density at radius 3 is 1.83 bits per heavy atom. The van der Waals surface area contributed by atoms with Crippen molar-refractivity contribution < 1.29 is 52.9 Å². The Morgan fingerprint density at radius 2 is 1.36 bits per heavy atom. The van der Waals surface area contributed by atoms with Crippen LogP contribution in [0.5, 0.6) is 0 Å². The quantitative estimate of drug-likeness (QED) is 0.0784. The third kappa shape index (κ3) is 17.1. The minimum absolute atomic E-state index is 0.0622. The first-order chi connectivity index (χ1) is 21.8. The smallest absolute Gasteiger partial charge is 0.407 e. The Morgan fingerprint density at radius 1 is 0.851 bits per heavy atom. The largest absolute Gasteiger partial charge is 0.467 e. The van der Waals surface area contributed by atoms with E-state index in [9.17, 15) is 33.9 Å². The molecule has 0 aliphatic carbocycles. The molecule has 0 saturated carbocycles. The van der Waals surface area contributed by atoms with Crippen molar-refractivity contribution >= 4 is 42.2 Å². The number of rotatable bonds is 15. The van der Waals surface area contributed by atoms with Gasteiger partial charge in [0.1, 0.15) is 23.3 Å². The van der Waals surface area contributed by atoms with E-state index in [2.05, 4.69) is 26.4 Å². The van der Waals surface area contributed by atoms with Crippen molar-refractivity contribution in [1.82, 2.24) is 21.4 Å². The van der Waals surface area contributed by atoms with Crippen LogP contribution in [-0.4, -0.2) is 96.8 Å². The molecule has 0 aromatic heterocycles. The van der Waals surface area contributed by atoms with Gasteiger partial charge in [0.05, 0.1) is 24.7 Å². The molecule has 0 aliphatic heterocycles. The molecule has 0 saturated heterocycles. The highest BCUT2D eigenvalue weighted by atomic mass is 16.7. The van der Waals surface area contributed by atoms with Gasteiger partial charge in [-0.3, -0.25) is 9.59 Å². The lowest BCUT2D eigenvalue weighted by Crippen LogP contribution is -2.48. The third-order valence-electron chi connectivity index (χ3n) is 5.79. The summed E-state index contributed by atoms with van der Waals surface area (Å²) in [5, 5.41) is 17.7. The Bertz CT molecular complexity index is 1240. The van der Waals surface area contributed by atoms with Crippen LogP contribution in [0, 0.1) is 5.92 Å². The summed E-state index contributed by atoms with van der Waals surface area (Å²) in [6.07, 6.45) is -2.12. The number of methoxy groups -OCH3 is 1. The standard InChI is InChI=1S/C31H47N5O11/c1-19(37)21(24(38)35-23(27(41)44-8)15-17-33-29(43)46-31(5,6)7)18-34-25(39)22(14-16-32-28(42)45-30(2,3)4)36-47-26(40)20-12-10-9-11-13-20/h9-13,18-19,21-23,36-37H,14-17H2,1-8H3,(H,32,42)(H,33,43)(H,35,38)/t19-,21?,22+,23+/m1/s1. The Kier molecular flexibility index (Phi) is 16.5. The molecule has 1 unspecified atom stereocenters. The number of ether oxygens (including phenoxy) is 3. The number of aliphatic hydroxyl groups is 1. The average molecular weight is 666 g/mol. The second-order valence-corrected chi connectivity index (χ2v) is 12.3. The lowest BCUT2D eigenvalue weighted by atomic mass is 10.0. The molecule has 262 valence electrons. The van der Waals surface area contributed by atoms with Gasteiger partial charge in [-0.15, -0.1) is 5.48 Å². The highest BCUT2D eigenvalue weighted by Crippen LogP contribution is 2.09. The molecule has 1 aromatic rings. The van der Waals surface area contributed by atoms with Crippen LogP contribution in [0.25, 0.3) is 0 Å². The van der Waals surface area contributed by atoms with Crippen molar-refractivity contribution in [3.8, 4) is 0 Å². The molecule has 0 radical (unpaired) electrons. The van der Waals surface area contributed by atoms with Gasteiger partial charge in [-0.1, -0.05) is 18.2 Å². The highest BCUT2D eigenvalue weighted by Gasteiger charge is 2.29. The normalized spacial score (nSPS) is 14.1. The fourth-order valence-corrected chi connectivity index (χ4v) is 3.57. The number of aliphatic imine (C=N–C) groups is 1. The Balaban J connectivity index is 3.00. The van der Waals surface area contributed by atoms with Gasteiger partial charge >= 0.3 is 24.1 Å². The minimum atomic E-state index is -1.41. The second kappa shape index (κ2) is 19.2. The number of nitrogens with zero attached hydrogens (tertiary/aromatic N) is 1. The van der Waals surface area contributed by atoms with Crippen LogP contribution in [0.4, 0.5) is 9.59 Å². The van der Waals surface area contributed by atoms with Gasteiger partial charge in [0.15, 0.2) is 0 Å². The topological polar surface area (TPSA) is 220 Å². The summed E-state index contributed by atoms with van der Waals surface area (Å²) in [5.74, 6) is -4.78. The van der Waals surface area contributed by atoms with E-state index < -0.39 is 71.2 Å². The number of amides is 4. The van der Waals surface area contributed by atoms with Gasteiger partial charge in [-0.25, -0.2) is 24.2 Å². The van der Waals surface area contributed by atoms with E-state index in [0.717, 1.165) is 13.3 Å². The zero-order valence-electron chi connectivity index (χ0n) is 28.1. The summed E-state index contributed by atoms with van der Waals surface area (Å²) in [6.45, 7) is 11.2. The van der Waals surface area contributed by atoms with Crippen LogP contribution >= 0.6 is 0 Å². The lowest BCUT2D eigenvalue weighted by molar-refractivity contribution is -0.145. The van der Waals surface area contributed by atoms with Crippen molar-refractivity contribution in [2.45, 2.75) is 90.7 Å². The van der Waals surface area contributed by atoms with Crippen molar-refractivity contribution in [3.63, 3.8) is 0 Å². The first-order valence-corrected chi connectivity index (χ1v) is 14.9. The molecule has 4 atom stereocenters. The van der Waals surface area contributed by atoms with Gasteiger partial charge < -0.3 is 40.1 Å². The maximum atomic E-state index is 13.1. The van der Waals surface area contributed by atoms with E-state index in [1.807, 2.05) is 0 Å². The highest BCUT2D eigenvalue weighted by molar-refractivity contribution is 6.00. The van der Waals surface area contributed by atoms with E-state index in [1.54, 1.807) is 59.7 Å². The number of carbonyl (C=O) groups is 6. The molecule has 0 aliphatic rings. The van der Waals surface area contributed by atoms with Gasteiger partial charge in [0.25, 0.3) is 5.91 Å². The molecule has 4 amide bonds. The maximum Gasteiger partial charge on any atom is 0.407 e. The van der Waals surface area contributed by atoms with Crippen LogP contribution in [0.15, 0.2) is 35.3 Å². The zero-order chi connectivity index (χ0) is 35.8. The zero-order valence-corrected chi connectivity index (χ0v) is 28.1. The van der Waals surface area contributed by atoms with Crippen LogP contribution < -0.4 is 21.4 Å². The van der Waals surface area contributed by atoms with Gasteiger partial charge in [-0.05, 0) is 73.4 Å². The summed E-state index contributed by atoms with van der Waals surface area (Å²) in [5.41, 5.74) is 1.05. The van der Waals surface area contributed by atoms with Crippen LogP contribution in [0.1, 0.15) is 71.7 Å². The minimum Gasteiger partial charge on any atom is -0.467 e. The molecule has 47 heavy (non-hydrogen) atoms. The fraction of sp³-hybridized carbons (Fsp3) is 0.581. The third-order valence-corrected chi connectivity index (χ3v) is 5.79. The van der Waals surface area contributed by atoms with Gasteiger partial charge in [-0.2, -0.15) is 0 Å². The first kappa shape index (κ1) is 40.5. The Hall–Kier alpha value is -4.57. The molecule has 5 N–H and O–H groups in total. The lowest BCUT2D eigenvalue weighted by Gasteiger charge is -2.22. The molecule has 1 aromatic carbocycles. The number of carbonyl (C=O) groups excluding carboxylic acids is 6. The molecule has 16 nitrogen and oxygen atoms in total. The second-order valence-electron chi connectivity index (χ2n) is 12.3. The SMILES string of the molecule is COC(=O)[C@H](CCNC(=O)OC(C)(C)C)NC(=O)C(C=NC(=O)[C@H](CCNC(=O)OC(C)(C)C)NOC(=O)c1ccccc1)[C@@H](C)O. The molecule has 1 rings (SSSR count). The fourth-order valence-electron chi connectivity index (χ4n) is 3.57. The van der Waals surface area contributed by atoms with Crippen molar-refractivity contribution in [2.75, 3.05) is 20.2 Å². The maximum absolute atomic E-state index is 13.1. The molecular weight excluding hydrogens is 618 g/mol. The number of nitrogens with one attached hydrogen (secondary N) is 4. The number of hydroxylamine groups is 1. The van der Waals surface area contributed by atoms with Gasteiger partial charge in [0.2, 0.25) is 5.91 Å². The monoisotopic (exact) mass is 665 g/mol. The molecule has 0 spiro atoms. The predicted octanol–water partition coefficient (Wildman–Crippen LogP) is 1.80. The van der Waals surface area contributed by atoms with Crippen LogP contribution in [-0.2, 0) is 33.4 Å². The van der Waals surface area contributed by atoms with Crippen LogP contribution in [0.3, 0.4) is 0 Å². The number of hydrogen-bond acceptors (Lipinski definition) is 12. The molecule has 0 bridgehead atoms. The molecule has 0 heterocycles. The van der Waals surface area contributed by atoms with E-state index in [0.29, 0.717) is 0 Å². The number of esters is 1. The van der Waals surface area contributed by atoms with E-state index in [-0.39, 0.29) is 31.5 Å². The molecule has 16 heteroatoms. The van der Waals surface area contributed by atoms with E-state index in [4.69, 9.17) is 19.0 Å². The van der Waals surface area contributed by atoms with Crippen molar-refractivity contribution in [2.24, 2.45) is 10.9 Å². The van der Waals surface area contributed by atoms with E-state index in [1.165, 1.54) is 19.1 Å². The summed E-state index contributed by atoms with van der Waals surface area (Å²) < 4.78 is 15.1. The number of alkyl carbamates (subject to hydrolysis) is 2. The molecular formula is C31H47N5O11. The van der Waals surface area contributed by atoms with Crippen molar-refractivity contribution in [1.29, 1.82) is 0 Å². The summed E-state index contributed by atoms with van der Waals surface area (Å²) in [6, 6.07) is 5.45. The Labute approximate surface area is 274 Å². The first-order valence-electron chi connectivity index (χ1n) is 14.9. The number of benzene rings is 1. The van der Waals surface area contributed by atoms with Gasteiger partial charge in [0, 0.05) is 19.3 Å². The van der Waals surface area contributed by atoms with Crippen LogP contribution in [0.2, 0.25) is 0 Å². The predicted molar refractivity (Wildman–Crippen MR) is 169 cm³/mol. The summed E-state index contributed by atoms with van der Waals surface area (Å²) in [4.78, 5) is 83.8. The van der Waals surface area contributed by atoms with E-state index >= 15 is 0 Å². The summed E-state index contributed by atoms with van der Waals surface area (Å²) >= 11 is 0. The number of aliphatic hydroxyl groups excluding tert-OH is 1. The molecule has 0 fully saturated rings. The van der Waals surface area contributed by atoms with Crippen molar-refractivity contribution in [3.05, 3.63) is 35.9 Å².